The summed E-state index contributed by atoms with van der Waals surface area (Å²) in [5.74, 6) is 4.88. The lowest BCUT2D eigenvalue weighted by molar-refractivity contribution is 0.214. The molecule has 9 nitrogen and oxygen atoms in total. The monoisotopic (exact) mass is 438 g/mol. The van der Waals surface area contributed by atoms with Crippen LogP contribution in [-0.4, -0.2) is 58.3 Å². The number of aromatic nitrogens is 4. The number of methoxy groups -OCH3 is 1. The van der Waals surface area contributed by atoms with Crippen molar-refractivity contribution in [2.75, 3.05) is 38.2 Å². The number of nitrogens with zero attached hydrogens (tertiary/aromatic N) is 6. The molecule has 3 aromatic rings. The highest BCUT2D eigenvalue weighted by Crippen LogP contribution is 2.20. The molecule has 0 spiro atoms. The lowest BCUT2D eigenvalue weighted by Crippen LogP contribution is -2.46. The molecule has 1 aromatic carbocycles. The molecule has 1 saturated heterocycles. The third kappa shape index (κ3) is 5.53. The van der Waals surface area contributed by atoms with Gasteiger partial charge in [0.05, 0.1) is 13.7 Å². The van der Waals surface area contributed by atoms with E-state index in [0.717, 1.165) is 55.0 Å². The zero-order chi connectivity index (χ0) is 22.5. The van der Waals surface area contributed by atoms with Crippen LogP contribution in [0.4, 0.5) is 5.82 Å². The average Bonchev–Trinajstić information content (AvgIpc) is 3.25. The summed E-state index contributed by atoms with van der Waals surface area (Å²) in [6, 6.07) is 9.46. The van der Waals surface area contributed by atoms with E-state index in [1.165, 1.54) is 0 Å². The molecule has 1 aliphatic rings. The number of piperazine rings is 1. The van der Waals surface area contributed by atoms with Gasteiger partial charge in [-0.3, -0.25) is 4.90 Å². The Kier molecular flexibility index (Phi) is 6.84. The van der Waals surface area contributed by atoms with Crippen molar-refractivity contribution in [3.8, 4) is 11.5 Å². The van der Waals surface area contributed by atoms with E-state index in [4.69, 9.17) is 19.0 Å². The van der Waals surface area contributed by atoms with Crippen LogP contribution in [0.25, 0.3) is 0 Å². The van der Waals surface area contributed by atoms with Gasteiger partial charge in [0.2, 0.25) is 11.7 Å². The van der Waals surface area contributed by atoms with Gasteiger partial charge in [-0.15, -0.1) is 0 Å². The van der Waals surface area contributed by atoms with Gasteiger partial charge >= 0.3 is 0 Å². The van der Waals surface area contributed by atoms with E-state index >= 15 is 0 Å². The van der Waals surface area contributed by atoms with Crippen molar-refractivity contribution in [2.24, 2.45) is 0 Å². The number of benzene rings is 1. The van der Waals surface area contributed by atoms with Crippen LogP contribution in [0.1, 0.15) is 43.0 Å². The van der Waals surface area contributed by atoms with E-state index in [1.807, 2.05) is 31.2 Å². The molecular formula is C23H30N6O3. The average molecular weight is 439 g/mol. The van der Waals surface area contributed by atoms with Crippen LogP contribution in [-0.2, 0) is 13.2 Å². The summed E-state index contributed by atoms with van der Waals surface area (Å²) in [7, 11) is 1.64. The molecular weight excluding hydrogens is 408 g/mol. The van der Waals surface area contributed by atoms with Gasteiger partial charge in [-0.2, -0.15) is 4.98 Å². The molecule has 0 unspecified atom stereocenters. The smallest absolute Gasteiger partial charge is 0.240 e. The normalized spacial score (nSPS) is 14.7. The molecule has 1 aliphatic heterocycles. The van der Waals surface area contributed by atoms with Crippen LogP contribution in [0, 0.1) is 6.92 Å². The van der Waals surface area contributed by atoms with E-state index in [2.05, 4.69) is 44.8 Å². The first-order valence-corrected chi connectivity index (χ1v) is 10.9. The first-order chi connectivity index (χ1) is 15.5. The van der Waals surface area contributed by atoms with Crippen molar-refractivity contribution >= 4 is 5.82 Å². The Hall–Kier alpha value is -3.20. The molecule has 170 valence electrons. The predicted octanol–water partition coefficient (Wildman–Crippen LogP) is 3.20. The van der Waals surface area contributed by atoms with Crippen LogP contribution in [0.2, 0.25) is 0 Å². The van der Waals surface area contributed by atoms with Crippen molar-refractivity contribution in [3.05, 3.63) is 53.6 Å². The Labute approximate surface area is 188 Å². The van der Waals surface area contributed by atoms with Crippen LogP contribution < -0.4 is 14.4 Å². The maximum atomic E-state index is 5.72. The highest BCUT2D eigenvalue weighted by atomic mass is 16.5. The number of rotatable bonds is 8. The van der Waals surface area contributed by atoms with Gasteiger partial charge < -0.3 is 18.9 Å². The lowest BCUT2D eigenvalue weighted by atomic mass is 10.2. The topological polar surface area (TPSA) is 89.6 Å². The summed E-state index contributed by atoms with van der Waals surface area (Å²) in [6.07, 6.45) is 0. The van der Waals surface area contributed by atoms with Gasteiger partial charge in [-0.05, 0) is 31.2 Å². The Morgan fingerprint density at radius 2 is 1.72 bits per heavy atom. The third-order valence-electron chi connectivity index (χ3n) is 5.37. The molecule has 1 fully saturated rings. The van der Waals surface area contributed by atoms with Gasteiger partial charge in [0, 0.05) is 43.9 Å². The summed E-state index contributed by atoms with van der Waals surface area (Å²) >= 11 is 0. The summed E-state index contributed by atoms with van der Waals surface area (Å²) < 4.78 is 16.3. The van der Waals surface area contributed by atoms with E-state index in [0.29, 0.717) is 24.2 Å². The molecule has 0 bridgehead atoms. The van der Waals surface area contributed by atoms with E-state index in [-0.39, 0.29) is 6.61 Å². The fraction of sp³-hybridized carbons (Fsp3) is 0.478. The fourth-order valence-electron chi connectivity index (χ4n) is 3.55. The number of anilines is 1. The molecule has 3 heterocycles. The second-order valence-electron chi connectivity index (χ2n) is 8.21. The van der Waals surface area contributed by atoms with Gasteiger partial charge in [0.1, 0.15) is 23.1 Å². The Bertz CT molecular complexity index is 1010. The molecule has 0 saturated carbocycles. The van der Waals surface area contributed by atoms with Crippen LogP contribution in [0.5, 0.6) is 11.5 Å². The predicted molar refractivity (Wildman–Crippen MR) is 120 cm³/mol. The molecule has 9 heteroatoms. The number of hydrogen-bond donors (Lipinski definition) is 0. The molecule has 0 radical (unpaired) electrons. The number of aryl methyl sites for hydroxylation is 1. The van der Waals surface area contributed by atoms with Crippen molar-refractivity contribution in [1.82, 2.24) is 25.0 Å². The number of hydrogen-bond acceptors (Lipinski definition) is 9. The lowest BCUT2D eigenvalue weighted by Gasteiger charge is -2.34. The molecule has 0 aliphatic carbocycles. The second-order valence-corrected chi connectivity index (χ2v) is 8.21. The van der Waals surface area contributed by atoms with E-state index in [9.17, 15) is 0 Å². The van der Waals surface area contributed by atoms with Crippen molar-refractivity contribution in [1.29, 1.82) is 0 Å². The third-order valence-corrected chi connectivity index (χ3v) is 5.37. The summed E-state index contributed by atoms with van der Waals surface area (Å²) in [5, 5.41) is 4.04. The van der Waals surface area contributed by atoms with E-state index < -0.39 is 0 Å². The Balaban J connectivity index is 1.27. The fourth-order valence-corrected chi connectivity index (χ4v) is 3.55. The largest absolute Gasteiger partial charge is 0.497 e. The molecule has 2 aromatic heterocycles. The molecule has 0 atom stereocenters. The van der Waals surface area contributed by atoms with Crippen molar-refractivity contribution in [3.63, 3.8) is 0 Å². The summed E-state index contributed by atoms with van der Waals surface area (Å²) in [5.41, 5.74) is 1.01. The first kappa shape index (κ1) is 22.0. The van der Waals surface area contributed by atoms with Gasteiger partial charge in [0.15, 0.2) is 6.61 Å². The summed E-state index contributed by atoms with van der Waals surface area (Å²) in [4.78, 5) is 18.4. The molecule has 0 amide bonds. The molecule has 0 N–H and O–H groups in total. The maximum Gasteiger partial charge on any atom is 0.240 e. The minimum atomic E-state index is 0.259. The van der Waals surface area contributed by atoms with Crippen molar-refractivity contribution in [2.45, 2.75) is 39.8 Å². The van der Waals surface area contributed by atoms with Gasteiger partial charge in [-0.1, -0.05) is 19.0 Å². The van der Waals surface area contributed by atoms with E-state index in [1.54, 1.807) is 7.11 Å². The Morgan fingerprint density at radius 1 is 1.00 bits per heavy atom. The zero-order valence-electron chi connectivity index (χ0n) is 19.1. The standard InChI is InChI=1S/C23H30N6O3/c1-16(2)23-24-17(3)13-21(26-23)29-11-9-28(10-12-29)14-22-25-20(27-32-22)15-31-19-7-5-18(30-4)6-8-19/h5-8,13,16H,9-12,14-15H2,1-4H3. The first-order valence-electron chi connectivity index (χ1n) is 10.9. The second kappa shape index (κ2) is 9.95. The van der Waals surface area contributed by atoms with Gasteiger partial charge in [-0.25, -0.2) is 9.97 Å². The minimum absolute atomic E-state index is 0.259. The molecule has 4 rings (SSSR count). The minimum Gasteiger partial charge on any atom is -0.497 e. The Morgan fingerprint density at radius 3 is 2.41 bits per heavy atom. The maximum absolute atomic E-state index is 5.72. The summed E-state index contributed by atoms with van der Waals surface area (Å²) in [6.45, 7) is 10.8. The quantitative estimate of drug-likeness (QED) is 0.526. The van der Waals surface area contributed by atoms with Crippen LogP contribution >= 0.6 is 0 Å². The van der Waals surface area contributed by atoms with Gasteiger partial charge in [0.25, 0.3) is 0 Å². The van der Waals surface area contributed by atoms with Crippen LogP contribution in [0.15, 0.2) is 34.9 Å². The van der Waals surface area contributed by atoms with Crippen LogP contribution in [0.3, 0.4) is 0 Å². The zero-order valence-corrected chi connectivity index (χ0v) is 19.1. The SMILES string of the molecule is COc1ccc(OCc2noc(CN3CCN(c4cc(C)nc(C(C)C)n4)CC3)n2)cc1. The highest BCUT2D eigenvalue weighted by molar-refractivity contribution is 5.40. The molecule has 32 heavy (non-hydrogen) atoms. The number of ether oxygens (including phenoxy) is 2. The highest BCUT2D eigenvalue weighted by Gasteiger charge is 2.21. The van der Waals surface area contributed by atoms with Crippen molar-refractivity contribution < 1.29 is 14.0 Å².